The number of hydrogen-bond donors (Lipinski definition) is 2. The molecule has 17 heavy (non-hydrogen) atoms. The summed E-state index contributed by atoms with van der Waals surface area (Å²) in [5, 5.41) is 3.08. The first kappa shape index (κ1) is 14.8. The van der Waals surface area contributed by atoms with Crippen LogP contribution < -0.4 is 11.1 Å². The normalized spacial score (nSPS) is 24.6. The lowest BCUT2D eigenvalue weighted by Crippen LogP contribution is -2.55. The van der Waals surface area contributed by atoms with Gasteiger partial charge in [0.2, 0.25) is 5.91 Å². The number of rotatable bonds is 4. The third-order valence-electron chi connectivity index (χ3n) is 4.53. The number of nitrogens with one attached hydrogen (secondary N) is 1. The number of amides is 1. The molecule has 2 aliphatic carbocycles. The van der Waals surface area contributed by atoms with Gasteiger partial charge in [-0.25, -0.2) is 0 Å². The molecule has 4 heteroatoms. The lowest BCUT2D eigenvalue weighted by atomic mass is 9.82. The summed E-state index contributed by atoms with van der Waals surface area (Å²) in [5.41, 5.74) is 6.03. The molecule has 0 heterocycles. The van der Waals surface area contributed by atoms with Crippen molar-refractivity contribution >= 4 is 18.3 Å². The molecule has 0 aromatic carbocycles. The van der Waals surface area contributed by atoms with Crippen molar-refractivity contribution in [3.63, 3.8) is 0 Å². The molecule has 0 bridgehead atoms. The summed E-state index contributed by atoms with van der Waals surface area (Å²) >= 11 is 0. The van der Waals surface area contributed by atoms with Crippen LogP contribution in [0.25, 0.3) is 0 Å². The van der Waals surface area contributed by atoms with Crippen LogP contribution in [0.2, 0.25) is 0 Å². The van der Waals surface area contributed by atoms with Gasteiger partial charge in [0.05, 0.1) is 5.54 Å². The van der Waals surface area contributed by atoms with Crippen LogP contribution in [0.3, 0.4) is 0 Å². The van der Waals surface area contributed by atoms with Crippen LogP contribution in [0, 0.1) is 5.41 Å². The summed E-state index contributed by atoms with van der Waals surface area (Å²) in [5.74, 6) is 0.0897. The zero-order valence-corrected chi connectivity index (χ0v) is 11.6. The van der Waals surface area contributed by atoms with Gasteiger partial charge in [0.15, 0.2) is 0 Å². The Labute approximate surface area is 110 Å². The predicted molar refractivity (Wildman–Crippen MR) is 72.2 cm³/mol. The number of nitrogens with two attached hydrogens (primary N) is 1. The molecule has 0 aromatic rings. The standard InChI is InChI=1S/C13H24N2O.ClH/c1-2-12(8-9-12)10-15-11(16)13(14)6-4-3-5-7-13;/h2-10,14H2,1H3,(H,15,16);1H. The van der Waals surface area contributed by atoms with E-state index in [1.54, 1.807) is 0 Å². The molecule has 100 valence electrons. The Kier molecular flexibility index (Phi) is 4.85. The van der Waals surface area contributed by atoms with Gasteiger partial charge in [-0.15, -0.1) is 12.4 Å². The molecule has 0 unspecified atom stereocenters. The summed E-state index contributed by atoms with van der Waals surface area (Å²) < 4.78 is 0. The summed E-state index contributed by atoms with van der Waals surface area (Å²) in [6.45, 7) is 3.04. The molecule has 3 nitrogen and oxygen atoms in total. The van der Waals surface area contributed by atoms with Crippen molar-refractivity contribution in [3.8, 4) is 0 Å². The molecule has 1 amide bonds. The first-order valence-corrected chi connectivity index (χ1v) is 6.67. The topological polar surface area (TPSA) is 55.1 Å². The highest BCUT2D eigenvalue weighted by molar-refractivity contribution is 5.86. The number of carbonyl (C=O) groups excluding carboxylic acids is 1. The first-order valence-electron chi connectivity index (χ1n) is 6.67. The van der Waals surface area contributed by atoms with Crippen molar-refractivity contribution in [3.05, 3.63) is 0 Å². The fourth-order valence-corrected chi connectivity index (χ4v) is 2.69. The minimum atomic E-state index is -0.567. The zero-order chi connectivity index (χ0) is 11.6. The quantitative estimate of drug-likeness (QED) is 0.816. The van der Waals surface area contributed by atoms with E-state index in [9.17, 15) is 4.79 Å². The van der Waals surface area contributed by atoms with Crippen LogP contribution in [0.15, 0.2) is 0 Å². The van der Waals surface area contributed by atoms with Crippen molar-refractivity contribution in [2.75, 3.05) is 6.54 Å². The summed E-state index contributed by atoms with van der Waals surface area (Å²) in [6, 6.07) is 0. The highest BCUT2D eigenvalue weighted by Crippen LogP contribution is 2.47. The SMILES string of the molecule is CCC1(CNC(=O)C2(N)CCCCC2)CC1.Cl. The number of carbonyl (C=O) groups is 1. The molecule has 0 saturated heterocycles. The third kappa shape index (κ3) is 3.35. The minimum absolute atomic E-state index is 0. The molecule has 0 aliphatic heterocycles. The Bertz CT molecular complexity index is 271. The molecular weight excluding hydrogens is 236 g/mol. The van der Waals surface area contributed by atoms with Crippen LogP contribution in [-0.4, -0.2) is 18.0 Å². The highest BCUT2D eigenvalue weighted by Gasteiger charge is 2.42. The molecular formula is C13H25ClN2O. The van der Waals surface area contributed by atoms with Crippen LogP contribution in [0.1, 0.15) is 58.3 Å². The fourth-order valence-electron chi connectivity index (χ4n) is 2.69. The van der Waals surface area contributed by atoms with E-state index in [0.717, 1.165) is 32.2 Å². The van der Waals surface area contributed by atoms with Gasteiger partial charge in [-0.05, 0) is 37.5 Å². The van der Waals surface area contributed by atoms with Crippen LogP contribution in [-0.2, 0) is 4.79 Å². The van der Waals surface area contributed by atoms with E-state index in [2.05, 4.69) is 12.2 Å². The second-order valence-corrected chi connectivity index (χ2v) is 5.75. The Morgan fingerprint density at radius 1 is 1.18 bits per heavy atom. The Morgan fingerprint density at radius 2 is 1.76 bits per heavy atom. The van der Waals surface area contributed by atoms with Crippen molar-refractivity contribution in [1.29, 1.82) is 0 Å². The maximum Gasteiger partial charge on any atom is 0.240 e. The van der Waals surface area contributed by atoms with Gasteiger partial charge in [0.25, 0.3) is 0 Å². The first-order chi connectivity index (χ1) is 7.60. The monoisotopic (exact) mass is 260 g/mol. The van der Waals surface area contributed by atoms with E-state index in [-0.39, 0.29) is 18.3 Å². The molecule has 0 spiro atoms. The van der Waals surface area contributed by atoms with Crippen LogP contribution >= 0.6 is 12.4 Å². The van der Waals surface area contributed by atoms with Gasteiger partial charge in [-0.1, -0.05) is 26.2 Å². The highest BCUT2D eigenvalue weighted by atomic mass is 35.5. The van der Waals surface area contributed by atoms with E-state index in [4.69, 9.17) is 5.73 Å². The second-order valence-electron chi connectivity index (χ2n) is 5.75. The number of halogens is 1. The second kappa shape index (κ2) is 5.57. The third-order valence-corrected chi connectivity index (χ3v) is 4.53. The van der Waals surface area contributed by atoms with E-state index < -0.39 is 5.54 Å². The maximum absolute atomic E-state index is 12.1. The average molecular weight is 261 g/mol. The summed E-state index contributed by atoms with van der Waals surface area (Å²) in [7, 11) is 0. The molecule has 0 radical (unpaired) electrons. The minimum Gasteiger partial charge on any atom is -0.354 e. The van der Waals surface area contributed by atoms with Crippen LogP contribution in [0.4, 0.5) is 0 Å². The largest absolute Gasteiger partial charge is 0.354 e. The maximum atomic E-state index is 12.1. The van der Waals surface area contributed by atoms with Gasteiger partial charge in [-0.3, -0.25) is 4.79 Å². The lowest BCUT2D eigenvalue weighted by Gasteiger charge is -2.32. The van der Waals surface area contributed by atoms with Gasteiger partial charge < -0.3 is 11.1 Å². The van der Waals surface area contributed by atoms with E-state index in [0.29, 0.717) is 5.41 Å². The molecule has 0 atom stereocenters. The molecule has 2 fully saturated rings. The molecule has 3 N–H and O–H groups in total. The van der Waals surface area contributed by atoms with E-state index in [1.165, 1.54) is 25.7 Å². The van der Waals surface area contributed by atoms with E-state index >= 15 is 0 Å². The summed E-state index contributed by atoms with van der Waals surface area (Å²) in [4.78, 5) is 12.1. The zero-order valence-electron chi connectivity index (χ0n) is 10.8. The van der Waals surface area contributed by atoms with Crippen LogP contribution in [0.5, 0.6) is 0 Å². The Balaban J connectivity index is 0.00000144. The Morgan fingerprint density at radius 3 is 2.24 bits per heavy atom. The molecule has 2 rings (SSSR count). The molecule has 2 saturated carbocycles. The molecule has 0 aromatic heterocycles. The van der Waals surface area contributed by atoms with Gasteiger partial charge in [-0.2, -0.15) is 0 Å². The number of hydrogen-bond acceptors (Lipinski definition) is 2. The van der Waals surface area contributed by atoms with Gasteiger partial charge >= 0.3 is 0 Å². The average Bonchev–Trinajstić information content (AvgIpc) is 3.07. The van der Waals surface area contributed by atoms with Crippen molar-refractivity contribution in [1.82, 2.24) is 5.32 Å². The Hall–Kier alpha value is -0.280. The van der Waals surface area contributed by atoms with Crippen molar-refractivity contribution in [2.24, 2.45) is 11.1 Å². The van der Waals surface area contributed by atoms with Gasteiger partial charge in [0, 0.05) is 6.54 Å². The fraction of sp³-hybridized carbons (Fsp3) is 0.923. The van der Waals surface area contributed by atoms with Gasteiger partial charge in [0.1, 0.15) is 0 Å². The van der Waals surface area contributed by atoms with Crippen molar-refractivity contribution < 1.29 is 4.79 Å². The van der Waals surface area contributed by atoms with E-state index in [1.807, 2.05) is 0 Å². The predicted octanol–water partition coefficient (Wildman–Crippen LogP) is 2.38. The van der Waals surface area contributed by atoms with Crippen molar-refractivity contribution in [2.45, 2.75) is 63.8 Å². The molecule has 2 aliphatic rings. The summed E-state index contributed by atoms with van der Waals surface area (Å²) in [6.07, 6.45) is 8.85. The smallest absolute Gasteiger partial charge is 0.240 e. The lowest BCUT2D eigenvalue weighted by molar-refractivity contribution is -0.127.